The number of para-hydroxylation sites is 1. The second-order valence-electron chi connectivity index (χ2n) is 4.58. The smallest absolute Gasteiger partial charge is 0.252 e. The summed E-state index contributed by atoms with van der Waals surface area (Å²) in [6, 6.07) is 13.8. The van der Waals surface area contributed by atoms with Crippen molar-refractivity contribution in [3.63, 3.8) is 0 Å². The molecule has 2 rings (SSSR count). The summed E-state index contributed by atoms with van der Waals surface area (Å²) in [5.74, 6) is -2.51. The highest BCUT2D eigenvalue weighted by Crippen LogP contribution is 2.12. The Morgan fingerprint density at radius 3 is 2.41 bits per heavy atom. The lowest BCUT2D eigenvalue weighted by Crippen LogP contribution is -2.33. The number of nitrogens with zero attached hydrogens (tertiary/aromatic N) is 2. The Kier molecular flexibility index (Phi) is 4.83. The third-order valence-electron chi connectivity index (χ3n) is 2.95. The largest absolute Gasteiger partial charge is 0.324 e. The van der Waals surface area contributed by atoms with Gasteiger partial charge in [-0.15, -0.1) is 0 Å². The second-order valence-corrected chi connectivity index (χ2v) is 4.58. The summed E-state index contributed by atoms with van der Waals surface area (Å²) in [6.07, 6.45) is 1.52. The molecule has 6 nitrogen and oxygen atoms in total. The molecular formula is C16H14N4O2. The van der Waals surface area contributed by atoms with Gasteiger partial charge in [0, 0.05) is 11.9 Å². The Hall–Kier alpha value is -3.20. The first-order valence-corrected chi connectivity index (χ1v) is 6.60. The molecule has 0 saturated carbocycles. The van der Waals surface area contributed by atoms with Crippen molar-refractivity contribution in [2.75, 3.05) is 10.6 Å². The van der Waals surface area contributed by atoms with E-state index in [1.165, 1.54) is 6.20 Å². The molecule has 110 valence electrons. The van der Waals surface area contributed by atoms with Crippen LogP contribution in [-0.4, -0.2) is 16.8 Å². The van der Waals surface area contributed by atoms with Crippen LogP contribution in [0.25, 0.3) is 0 Å². The SMILES string of the molecule is Cc1cccnc1NC(=O)[C@@H](C#N)C(=O)Nc1ccccc1. The lowest BCUT2D eigenvalue weighted by atomic mass is 10.1. The van der Waals surface area contributed by atoms with E-state index in [1.807, 2.05) is 0 Å². The zero-order valence-corrected chi connectivity index (χ0v) is 11.9. The Morgan fingerprint density at radius 1 is 1.09 bits per heavy atom. The molecule has 6 heteroatoms. The van der Waals surface area contributed by atoms with Gasteiger partial charge in [-0.2, -0.15) is 5.26 Å². The summed E-state index contributed by atoms with van der Waals surface area (Å²) in [5, 5.41) is 14.1. The normalized spacial score (nSPS) is 11.1. The van der Waals surface area contributed by atoms with E-state index in [0.717, 1.165) is 5.56 Å². The minimum absolute atomic E-state index is 0.334. The number of pyridine rings is 1. The maximum absolute atomic E-state index is 12.1. The number of benzene rings is 1. The van der Waals surface area contributed by atoms with E-state index in [2.05, 4.69) is 15.6 Å². The Labute approximate surface area is 127 Å². The summed E-state index contributed by atoms with van der Waals surface area (Å²) < 4.78 is 0. The number of nitrogens with one attached hydrogen (secondary N) is 2. The van der Waals surface area contributed by atoms with Crippen LogP contribution in [0.3, 0.4) is 0 Å². The van der Waals surface area contributed by atoms with Crippen LogP contribution in [0.4, 0.5) is 11.5 Å². The van der Waals surface area contributed by atoms with E-state index >= 15 is 0 Å². The topological polar surface area (TPSA) is 94.9 Å². The number of hydrogen-bond donors (Lipinski definition) is 2. The fourth-order valence-corrected chi connectivity index (χ4v) is 1.78. The zero-order valence-electron chi connectivity index (χ0n) is 11.9. The highest BCUT2D eigenvalue weighted by atomic mass is 16.2. The third kappa shape index (κ3) is 3.67. The van der Waals surface area contributed by atoms with Gasteiger partial charge in [-0.05, 0) is 30.7 Å². The average molecular weight is 294 g/mol. The van der Waals surface area contributed by atoms with Gasteiger partial charge in [0.1, 0.15) is 5.82 Å². The van der Waals surface area contributed by atoms with Crippen molar-refractivity contribution in [1.82, 2.24) is 4.98 Å². The van der Waals surface area contributed by atoms with Gasteiger partial charge in [0.15, 0.2) is 0 Å². The number of carbonyl (C=O) groups excluding carboxylic acids is 2. The molecule has 0 fully saturated rings. The second kappa shape index (κ2) is 6.99. The predicted octanol–water partition coefficient (Wildman–Crippen LogP) is 2.11. The maximum atomic E-state index is 12.1. The molecule has 0 spiro atoms. The molecule has 0 aliphatic heterocycles. The van der Waals surface area contributed by atoms with E-state index in [4.69, 9.17) is 5.26 Å². The molecule has 0 aliphatic carbocycles. The summed E-state index contributed by atoms with van der Waals surface area (Å²) in [7, 11) is 0. The number of rotatable bonds is 4. The third-order valence-corrected chi connectivity index (χ3v) is 2.95. The molecule has 2 aromatic rings. The van der Waals surface area contributed by atoms with Crippen molar-refractivity contribution in [3.05, 3.63) is 54.2 Å². The molecule has 0 bridgehead atoms. The van der Waals surface area contributed by atoms with E-state index in [9.17, 15) is 9.59 Å². The number of amides is 2. The minimum atomic E-state index is -1.46. The van der Waals surface area contributed by atoms with Gasteiger partial charge in [0.2, 0.25) is 5.92 Å². The maximum Gasteiger partial charge on any atom is 0.252 e. The highest BCUT2D eigenvalue weighted by Gasteiger charge is 2.27. The molecule has 0 aliphatic rings. The van der Waals surface area contributed by atoms with Crippen molar-refractivity contribution < 1.29 is 9.59 Å². The van der Waals surface area contributed by atoms with Crippen LogP contribution in [-0.2, 0) is 9.59 Å². The predicted molar refractivity (Wildman–Crippen MR) is 81.8 cm³/mol. The molecule has 1 aromatic carbocycles. The van der Waals surface area contributed by atoms with Gasteiger partial charge in [-0.25, -0.2) is 4.98 Å². The van der Waals surface area contributed by atoms with Crippen LogP contribution < -0.4 is 10.6 Å². The number of aryl methyl sites for hydroxylation is 1. The Morgan fingerprint density at radius 2 is 1.77 bits per heavy atom. The van der Waals surface area contributed by atoms with Crippen molar-refractivity contribution in [1.29, 1.82) is 5.26 Å². The molecule has 22 heavy (non-hydrogen) atoms. The van der Waals surface area contributed by atoms with Gasteiger partial charge >= 0.3 is 0 Å². The lowest BCUT2D eigenvalue weighted by Gasteiger charge is -2.11. The van der Waals surface area contributed by atoms with Gasteiger partial charge in [0.05, 0.1) is 6.07 Å². The average Bonchev–Trinajstić information content (AvgIpc) is 2.51. The monoisotopic (exact) mass is 294 g/mol. The number of nitriles is 1. The Bertz CT molecular complexity index is 722. The van der Waals surface area contributed by atoms with Crippen LogP contribution in [0.2, 0.25) is 0 Å². The van der Waals surface area contributed by atoms with Crippen LogP contribution >= 0.6 is 0 Å². The first-order valence-electron chi connectivity index (χ1n) is 6.60. The quantitative estimate of drug-likeness (QED) is 0.844. The summed E-state index contributed by atoms with van der Waals surface area (Å²) >= 11 is 0. The van der Waals surface area contributed by atoms with E-state index < -0.39 is 17.7 Å². The summed E-state index contributed by atoms with van der Waals surface area (Å²) in [5.41, 5.74) is 1.27. The van der Waals surface area contributed by atoms with Crippen molar-refractivity contribution in [2.24, 2.45) is 5.92 Å². The lowest BCUT2D eigenvalue weighted by molar-refractivity contribution is -0.127. The van der Waals surface area contributed by atoms with Gasteiger partial charge in [-0.3, -0.25) is 9.59 Å². The first-order chi connectivity index (χ1) is 10.6. The summed E-state index contributed by atoms with van der Waals surface area (Å²) in [6.45, 7) is 1.77. The van der Waals surface area contributed by atoms with Crippen molar-refractivity contribution in [3.8, 4) is 6.07 Å². The van der Waals surface area contributed by atoms with Gasteiger partial charge in [0.25, 0.3) is 11.8 Å². The highest BCUT2D eigenvalue weighted by molar-refractivity contribution is 6.12. The fraction of sp³-hybridized carbons (Fsp3) is 0.125. The number of anilines is 2. The summed E-state index contributed by atoms with van der Waals surface area (Å²) in [4.78, 5) is 28.1. The molecule has 0 unspecified atom stereocenters. The fourth-order valence-electron chi connectivity index (χ4n) is 1.78. The minimum Gasteiger partial charge on any atom is -0.324 e. The van der Waals surface area contributed by atoms with Crippen molar-refractivity contribution >= 4 is 23.3 Å². The number of aromatic nitrogens is 1. The van der Waals surface area contributed by atoms with Gasteiger partial charge in [-0.1, -0.05) is 24.3 Å². The standard InChI is InChI=1S/C16H14N4O2/c1-11-6-5-9-18-14(11)20-16(22)13(10-17)15(21)19-12-7-3-2-4-8-12/h2-9,13H,1H3,(H,19,21)(H,18,20,22)/t13-/m0/s1. The van der Waals surface area contributed by atoms with Crippen LogP contribution in [0, 0.1) is 24.2 Å². The van der Waals surface area contributed by atoms with Crippen LogP contribution in [0.1, 0.15) is 5.56 Å². The van der Waals surface area contributed by atoms with E-state index in [-0.39, 0.29) is 0 Å². The van der Waals surface area contributed by atoms with E-state index in [0.29, 0.717) is 11.5 Å². The van der Waals surface area contributed by atoms with Crippen molar-refractivity contribution in [2.45, 2.75) is 6.92 Å². The molecule has 1 atom stereocenters. The van der Waals surface area contributed by atoms with E-state index in [1.54, 1.807) is 55.5 Å². The zero-order chi connectivity index (χ0) is 15.9. The first kappa shape index (κ1) is 15.2. The number of carbonyl (C=O) groups is 2. The molecule has 0 saturated heterocycles. The Balaban J connectivity index is 2.08. The molecule has 2 N–H and O–H groups in total. The molecule has 0 radical (unpaired) electrons. The molecular weight excluding hydrogens is 280 g/mol. The van der Waals surface area contributed by atoms with Crippen LogP contribution in [0.5, 0.6) is 0 Å². The molecule has 2 amide bonds. The molecule has 1 aromatic heterocycles. The van der Waals surface area contributed by atoms with Crippen LogP contribution in [0.15, 0.2) is 48.7 Å². The number of hydrogen-bond acceptors (Lipinski definition) is 4. The molecule has 1 heterocycles. The van der Waals surface area contributed by atoms with Gasteiger partial charge < -0.3 is 10.6 Å².